The Kier molecular flexibility index (Phi) is 29.0. The molecule has 0 aliphatic carbocycles. The molecule has 0 aromatic carbocycles. The van der Waals surface area contributed by atoms with E-state index in [2.05, 4.69) is 9.80 Å². The summed E-state index contributed by atoms with van der Waals surface area (Å²) in [6, 6.07) is 0. The Hall–Kier alpha value is 2.83. The molecule has 2 radical (unpaired) electrons. The molecule has 0 N–H and O–H groups in total. The van der Waals surface area contributed by atoms with Crippen LogP contribution in [0.25, 0.3) is 0 Å². The topological polar surface area (TPSA) is 6.48 Å². The molecule has 0 amide bonds. The summed E-state index contributed by atoms with van der Waals surface area (Å²) in [5, 5.41) is 0. The Labute approximate surface area is 151 Å². The SMILES string of the molecule is [CH3-].[CH3-].[S-]CN1CCN(C[S-])CC1.[Y].[Y]. The average Bonchev–Trinajstić information content (AvgIpc) is 2.05. The summed E-state index contributed by atoms with van der Waals surface area (Å²) in [5.74, 6) is 1.54. The molecule has 1 rings (SSSR count). The van der Waals surface area contributed by atoms with Crippen molar-refractivity contribution in [2.24, 2.45) is 0 Å². The fourth-order valence-corrected chi connectivity index (χ4v) is 1.56. The molecule has 0 spiro atoms. The van der Waals surface area contributed by atoms with E-state index in [9.17, 15) is 0 Å². The molecule has 0 unspecified atom stereocenters. The molecule has 1 aliphatic rings. The van der Waals surface area contributed by atoms with Crippen LogP contribution in [0.4, 0.5) is 0 Å². The molecular weight excluding hydrogens is 366 g/mol. The van der Waals surface area contributed by atoms with Crippen molar-refractivity contribution in [3.8, 4) is 0 Å². The first-order chi connectivity index (χ1) is 4.86. The van der Waals surface area contributed by atoms with Crippen molar-refractivity contribution in [1.82, 2.24) is 9.80 Å². The Bertz CT molecular complexity index is 89.3. The number of hydrogen-bond acceptors (Lipinski definition) is 4. The van der Waals surface area contributed by atoms with Crippen LogP contribution in [0.3, 0.4) is 0 Å². The second kappa shape index (κ2) is 15.8. The second-order valence-electron chi connectivity index (χ2n) is 2.49. The van der Waals surface area contributed by atoms with Crippen LogP contribution in [-0.2, 0) is 90.7 Å². The van der Waals surface area contributed by atoms with Gasteiger partial charge in [-0.2, -0.15) is 0 Å². The Morgan fingerprint density at radius 1 is 0.714 bits per heavy atom. The van der Waals surface area contributed by atoms with Crippen molar-refractivity contribution in [1.29, 1.82) is 0 Å². The molecule has 1 fully saturated rings. The molecule has 1 saturated heterocycles. The third-order valence-electron chi connectivity index (χ3n) is 1.83. The monoisotopic (exact) mass is 384 g/mol. The second-order valence-corrected chi connectivity index (χ2v) is 3.01. The van der Waals surface area contributed by atoms with Gasteiger partial charge in [0.1, 0.15) is 0 Å². The van der Waals surface area contributed by atoms with E-state index in [0.717, 1.165) is 37.9 Å². The normalized spacial score (nSPS) is 16.7. The van der Waals surface area contributed by atoms with E-state index in [1.54, 1.807) is 0 Å². The molecule has 0 aromatic heterocycles. The van der Waals surface area contributed by atoms with E-state index in [-0.39, 0.29) is 80.3 Å². The molecule has 14 heavy (non-hydrogen) atoms. The van der Waals surface area contributed by atoms with Crippen molar-refractivity contribution < 1.29 is 65.4 Å². The van der Waals surface area contributed by atoms with Gasteiger partial charge in [-0.25, -0.2) is 0 Å². The fraction of sp³-hybridized carbons (Fsp3) is 0.750. The molecular formula is C8H18N2S2Y2-4. The van der Waals surface area contributed by atoms with E-state index in [1.165, 1.54) is 0 Å². The molecule has 0 aromatic rings. The van der Waals surface area contributed by atoms with Gasteiger partial charge in [0.15, 0.2) is 0 Å². The molecule has 1 aliphatic heterocycles. The van der Waals surface area contributed by atoms with Gasteiger partial charge in [0.05, 0.1) is 0 Å². The first-order valence-corrected chi connectivity index (χ1v) is 4.63. The van der Waals surface area contributed by atoms with Crippen LogP contribution in [0.5, 0.6) is 0 Å². The summed E-state index contributed by atoms with van der Waals surface area (Å²) in [6.07, 6.45) is 0. The van der Waals surface area contributed by atoms with E-state index >= 15 is 0 Å². The van der Waals surface area contributed by atoms with Crippen LogP contribution in [-0.4, -0.2) is 47.7 Å². The van der Waals surface area contributed by atoms with Crippen LogP contribution in [0.15, 0.2) is 0 Å². The van der Waals surface area contributed by atoms with E-state index in [4.69, 9.17) is 25.3 Å². The van der Waals surface area contributed by atoms with Crippen molar-refractivity contribution in [3.63, 3.8) is 0 Å². The number of nitrogens with zero attached hydrogens (tertiary/aromatic N) is 2. The molecule has 0 atom stereocenters. The quantitative estimate of drug-likeness (QED) is 0.506. The first kappa shape index (κ1) is 25.6. The largest absolute Gasteiger partial charge is 0.777 e. The zero-order valence-electron chi connectivity index (χ0n) is 9.11. The standard InChI is InChI=1S/C6H14N2S2.2CH3.2Y/c9-5-7-1-2-8(6-10)4-3-7;;;;/h9-10H,1-6H2;2*1H3;;/q;2*-1;;/p-2. The summed E-state index contributed by atoms with van der Waals surface area (Å²) in [4.78, 5) is 4.55. The summed E-state index contributed by atoms with van der Waals surface area (Å²) >= 11 is 9.86. The van der Waals surface area contributed by atoms with Crippen LogP contribution >= 0.6 is 0 Å². The summed E-state index contributed by atoms with van der Waals surface area (Å²) < 4.78 is 0. The maximum Gasteiger partial charge on any atom is 0.00877 e. The van der Waals surface area contributed by atoms with Crippen molar-refractivity contribution >= 4 is 25.3 Å². The van der Waals surface area contributed by atoms with E-state index in [1.807, 2.05) is 0 Å². The Balaban J connectivity index is -0.000000125. The minimum Gasteiger partial charge on any atom is -0.777 e. The minimum atomic E-state index is 0. The number of piperazine rings is 1. The predicted octanol–water partition coefficient (Wildman–Crippen LogP) is 0.508. The maximum atomic E-state index is 4.93. The molecule has 2 nitrogen and oxygen atoms in total. The first-order valence-electron chi connectivity index (χ1n) is 3.47. The third kappa shape index (κ3) is 10.0. The van der Waals surface area contributed by atoms with Gasteiger partial charge in [-0.05, 0) is 0 Å². The smallest absolute Gasteiger partial charge is 0.00877 e. The zero-order chi connectivity index (χ0) is 7.40. The van der Waals surface area contributed by atoms with Crippen LogP contribution in [0.2, 0.25) is 0 Å². The molecule has 1 heterocycles. The summed E-state index contributed by atoms with van der Waals surface area (Å²) in [7, 11) is 0. The zero-order valence-corrected chi connectivity index (χ0v) is 16.4. The fourth-order valence-electron chi connectivity index (χ4n) is 1.05. The minimum absolute atomic E-state index is 0. The maximum absolute atomic E-state index is 4.93. The molecule has 82 valence electrons. The van der Waals surface area contributed by atoms with Gasteiger partial charge in [-0.1, -0.05) is 0 Å². The van der Waals surface area contributed by atoms with E-state index < -0.39 is 0 Å². The summed E-state index contributed by atoms with van der Waals surface area (Å²) in [6.45, 7) is 4.39. The van der Waals surface area contributed by atoms with Crippen molar-refractivity contribution in [2.45, 2.75) is 0 Å². The van der Waals surface area contributed by atoms with Gasteiger partial charge < -0.3 is 49.9 Å². The van der Waals surface area contributed by atoms with Gasteiger partial charge in [0.2, 0.25) is 0 Å². The average molecular weight is 384 g/mol. The van der Waals surface area contributed by atoms with Gasteiger partial charge in [0.25, 0.3) is 0 Å². The number of hydrogen-bond donors (Lipinski definition) is 0. The Morgan fingerprint density at radius 3 is 1.07 bits per heavy atom. The van der Waals surface area contributed by atoms with Gasteiger partial charge >= 0.3 is 0 Å². The third-order valence-corrected chi connectivity index (χ3v) is 2.56. The van der Waals surface area contributed by atoms with Gasteiger partial charge in [-0.15, -0.1) is 11.8 Å². The Morgan fingerprint density at radius 2 is 0.929 bits per heavy atom. The predicted molar refractivity (Wildman–Crippen MR) is 60.4 cm³/mol. The van der Waals surface area contributed by atoms with Crippen molar-refractivity contribution in [3.05, 3.63) is 14.9 Å². The van der Waals surface area contributed by atoms with Crippen LogP contribution < -0.4 is 0 Å². The molecule has 0 saturated carbocycles. The van der Waals surface area contributed by atoms with Crippen LogP contribution in [0.1, 0.15) is 0 Å². The van der Waals surface area contributed by atoms with Crippen LogP contribution in [0, 0.1) is 14.9 Å². The van der Waals surface area contributed by atoms with E-state index in [0.29, 0.717) is 0 Å². The van der Waals surface area contributed by atoms with Gasteiger partial charge in [-0.3, -0.25) is 0 Å². The summed E-state index contributed by atoms with van der Waals surface area (Å²) in [5.41, 5.74) is 0. The molecule has 6 heteroatoms. The number of rotatable bonds is 2. The molecule has 0 bridgehead atoms. The van der Waals surface area contributed by atoms with Crippen molar-refractivity contribution in [2.75, 3.05) is 37.9 Å². The van der Waals surface area contributed by atoms with Gasteiger partial charge in [0, 0.05) is 91.6 Å².